The molecular weight excluding hydrogens is 269 g/mol. The summed E-state index contributed by atoms with van der Waals surface area (Å²) >= 11 is 0. The van der Waals surface area contributed by atoms with E-state index < -0.39 is 0 Å². The number of aromatic nitrogens is 1. The summed E-state index contributed by atoms with van der Waals surface area (Å²) in [5.74, 6) is 0.969. The van der Waals surface area contributed by atoms with E-state index in [0.717, 1.165) is 5.56 Å². The third kappa shape index (κ3) is 3.69. The summed E-state index contributed by atoms with van der Waals surface area (Å²) in [7, 11) is 0. The molecule has 0 aliphatic heterocycles. The predicted octanol–water partition coefficient (Wildman–Crippen LogP) is 3.98. The molecule has 3 rings (SSSR count). The number of halogens is 1. The quantitative estimate of drug-likeness (QED) is 0.710. The first-order chi connectivity index (χ1) is 10.3. The Morgan fingerprint density at radius 3 is 2.52 bits per heavy atom. The number of nitrogens with zero attached hydrogens (tertiary/aromatic N) is 1. The Balaban J connectivity index is 1.59. The highest BCUT2D eigenvalue weighted by Gasteiger charge is 2.06. The van der Waals surface area contributed by atoms with Gasteiger partial charge in [0.15, 0.2) is 5.89 Å². The molecule has 0 N–H and O–H groups in total. The van der Waals surface area contributed by atoms with Gasteiger partial charge in [0.05, 0.1) is 0 Å². The smallest absolute Gasteiger partial charge is 0.198 e. The van der Waals surface area contributed by atoms with Crippen molar-refractivity contribution in [2.24, 2.45) is 0 Å². The van der Waals surface area contributed by atoms with Crippen molar-refractivity contribution in [1.29, 1.82) is 0 Å². The van der Waals surface area contributed by atoms with Crippen LogP contribution in [0.4, 0.5) is 4.39 Å². The minimum atomic E-state index is -0.283. The van der Waals surface area contributed by atoms with Crippen LogP contribution in [-0.2, 0) is 13.0 Å². The van der Waals surface area contributed by atoms with Gasteiger partial charge in [-0.05, 0) is 29.8 Å². The van der Waals surface area contributed by atoms with Crippen molar-refractivity contribution < 1.29 is 13.5 Å². The maximum Gasteiger partial charge on any atom is 0.198 e. The molecule has 0 bridgehead atoms. The second-order valence-electron chi connectivity index (χ2n) is 4.64. The van der Waals surface area contributed by atoms with E-state index in [2.05, 4.69) is 4.98 Å². The Hall–Kier alpha value is -2.62. The summed E-state index contributed by atoms with van der Waals surface area (Å²) < 4.78 is 23.7. The Kier molecular flexibility index (Phi) is 3.96. The Bertz CT molecular complexity index is 692. The molecule has 0 aliphatic carbocycles. The molecule has 21 heavy (non-hydrogen) atoms. The van der Waals surface area contributed by atoms with Gasteiger partial charge in [0, 0.05) is 6.42 Å². The van der Waals surface area contributed by atoms with Gasteiger partial charge in [0.25, 0.3) is 0 Å². The van der Waals surface area contributed by atoms with Crippen molar-refractivity contribution in [3.8, 4) is 5.75 Å². The van der Waals surface area contributed by atoms with Crippen LogP contribution in [0, 0.1) is 5.82 Å². The van der Waals surface area contributed by atoms with E-state index in [9.17, 15) is 4.39 Å². The molecule has 1 heterocycles. The summed E-state index contributed by atoms with van der Waals surface area (Å²) in [5.41, 5.74) is 1.86. The number of rotatable bonds is 5. The lowest BCUT2D eigenvalue weighted by Crippen LogP contribution is -1.96. The predicted molar refractivity (Wildman–Crippen MR) is 76.5 cm³/mol. The Labute approximate surface area is 122 Å². The first-order valence-corrected chi connectivity index (χ1v) is 6.65. The average Bonchev–Trinajstić information content (AvgIpc) is 2.95. The minimum absolute atomic E-state index is 0.283. The zero-order valence-electron chi connectivity index (χ0n) is 11.3. The van der Waals surface area contributed by atoms with Gasteiger partial charge >= 0.3 is 0 Å². The average molecular weight is 283 g/mol. The summed E-state index contributed by atoms with van der Waals surface area (Å²) in [6, 6.07) is 15.9. The van der Waals surface area contributed by atoms with Gasteiger partial charge in [0.1, 0.15) is 30.1 Å². The second-order valence-corrected chi connectivity index (χ2v) is 4.64. The van der Waals surface area contributed by atoms with E-state index in [1.807, 2.05) is 30.3 Å². The van der Waals surface area contributed by atoms with Crippen molar-refractivity contribution in [2.45, 2.75) is 13.0 Å². The third-order valence-electron chi connectivity index (χ3n) is 3.00. The van der Waals surface area contributed by atoms with Crippen LogP contribution < -0.4 is 4.74 Å². The molecule has 0 aliphatic rings. The fourth-order valence-corrected chi connectivity index (χ4v) is 1.95. The molecule has 0 spiro atoms. The lowest BCUT2D eigenvalue weighted by atomic mass is 10.1. The first-order valence-electron chi connectivity index (χ1n) is 6.65. The number of hydrogen-bond acceptors (Lipinski definition) is 3. The molecule has 3 aromatic rings. The summed E-state index contributed by atoms with van der Waals surface area (Å²) in [5, 5.41) is 0. The Morgan fingerprint density at radius 1 is 1.00 bits per heavy atom. The van der Waals surface area contributed by atoms with Crippen molar-refractivity contribution >= 4 is 0 Å². The fourth-order valence-electron chi connectivity index (χ4n) is 1.95. The van der Waals surface area contributed by atoms with Crippen LogP contribution in [0.5, 0.6) is 5.75 Å². The molecule has 0 fully saturated rings. The monoisotopic (exact) mass is 283 g/mol. The van der Waals surface area contributed by atoms with E-state index in [0.29, 0.717) is 30.4 Å². The van der Waals surface area contributed by atoms with Crippen molar-refractivity contribution in [1.82, 2.24) is 4.98 Å². The number of hydrogen-bond donors (Lipinski definition) is 0. The molecular formula is C17H14FNO2. The van der Waals surface area contributed by atoms with Gasteiger partial charge in [-0.25, -0.2) is 9.37 Å². The third-order valence-corrected chi connectivity index (χ3v) is 3.00. The van der Waals surface area contributed by atoms with Gasteiger partial charge in [0.2, 0.25) is 0 Å². The zero-order valence-corrected chi connectivity index (χ0v) is 11.3. The van der Waals surface area contributed by atoms with E-state index in [4.69, 9.17) is 9.15 Å². The highest BCUT2D eigenvalue weighted by atomic mass is 19.1. The van der Waals surface area contributed by atoms with Gasteiger partial charge in [-0.2, -0.15) is 0 Å². The van der Waals surface area contributed by atoms with Crippen LogP contribution in [0.2, 0.25) is 0 Å². The van der Waals surface area contributed by atoms with Gasteiger partial charge in [-0.3, -0.25) is 0 Å². The molecule has 1 aromatic heterocycles. The number of oxazole rings is 1. The van der Waals surface area contributed by atoms with E-state index in [1.165, 1.54) is 12.1 Å². The molecule has 0 radical (unpaired) electrons. The number of benzene rings is 2. The minimum Gasteiger partial charge on any atom is -0.487 e. The second kappa shape index (κ2) is 6.22. The molecule has 106 valence electrons. The fraction of sp³-hybridized carbons (Fsp3) is 0.118. The van der Waals surface area contributed by atoms with Gasteiger partial charge in [-0.1, -0.05) is 30.3 Å². The topological polar surface area (TPSA) is 35.3 Å². The van der Waals surface area contributed by atoms with Crippen molar-refractivity contribution in [2.75, 3.05) is 0 Å². The normalized spacial score (nSPS) is 10.5. The molecule has 4 heteroatoms. The number of ether oxygens (including phenoxy) is 1. The van der Waals surface area contributed by atoms with Crippen LogP contribution in [0.15, 0.2) is 65.3 Å². The highest BCUT2D eigenvalue weighted by molar-refractivity contribution is 5.22. The largest absolute Gasteiger partial charge is 0.487 e. The maximum atomic E-state index is 12.8. The zero-order chi connectivity index (χ0) is 14.5. The van der Waals surface area contributed by atoms with Crippen LogP contribution in [0.3, 0.4) is 0 Å². The van der Waals surface area contributed by atoms with E-state index in [-0.39, 0.29) is 5.82 Å². The SMILES string of the molecule is Fc1ccc(OCc2coc(Cc3ccccc3)n2)cc1. The summed E-state index contributed by atoms with van der Waals surface area (Å²) in [4.78, 5) is 4.37. The highest BCUT2D eigenvalue weighted by Crippen LogP contribution is 2.14. The molecule has 2 aromatic carbocycles. The molecule has 0 atom stereocenters. The van der Waals surface area contributed by atoms with E-state index >= 15 is 0 Å². The molecule has 0 saturated heterocycles. The Morgan fingerprint density at radius 2 is 1.76 bits per heavy atom. The van der Waals surface area contributed by atoms with Gasteiger partial charge < -0.3 is 9.15 Å². The lowest BCUT2D eigenvalue weighted by molar-refractivity contribution is 0.300. The molecule has 0 unspecified atom stereocenters. The van der Waals surface area contributed by atoms with Crippen LogP contribution >= 0.6 is 0 Å². The molecule has 0 saturated carbocycles. The molecule has 0 amide bonds. The van der Waals surface area contributed by atoms with E-state index in [1.54, 1.807) is 18.4 Å². The van der Waals surface area contributed by atoms with Crippen LogP contribution in [0.25, 0.3) is 0 Å². The standard InChI is InChI=1S/C17H14FNO2/c18-14-6-8-16(9-7-14)20-11-15-12-21-17(19-15)10-13-4-2-1-3-5-13/h1-9,12H,10-11H2. The van der Waals surface area contributed by atoms with Crippen molar-refractivity contribution in [3.63, 3.8) is 0 Å². The lowest BCUT2D eigenvalue weighted by Gasteiger charge is -2.02. The summed E-state index contributed by atoms with van der Waals surface area (Å²) in [6.07, 6.45) is 2.24. The van der Waals surface area contributed by atoms with Crippen LogP contribution in [0.1, 0.15) is 17.1 Å². The van der Waals surface area contributed by atoms with Crippen molar-refractivity contribution in [3.05, 3.63) is 83.8 Å². The van der Waals surface area contributed by atoms with Crippen LogP contribution in [-0.4, -0.2) is 4.98 Å². The maximum absolute atomic E-state index is 12.8. The molecule has 3 nitrogen and oxygen atoms in total. The first kappa shape index (κ1) is 13.4. The summed E-state index contributed by atoms with van der Waals surface area (Å²) in [6.45, 7) is 0.296. The van der Waals surface area contributed by atoms with Gasteiger partial charge in [-0.15, -0.1) is 0 Å².